The van der Waals surface area contributed by atoms with E-state index in [0.717, 1.165) is 23.3 Å². The highest BCUT2D eigenvalue weighted by Gasteiger charge is 2.18. The minimum atomic E-state index is -0.408. The van der Waals surface area contributed by atoms with Gasteiger partial charge in [0.05, 0.1) is 25.9 Å². The number of carbonyl (C=O) groups is 2. The Kier molecular flexibility index (Phi) is 7.48. The Morgan fingerprint density at radius 2 is 1.84 bits per heavy atom. The molecule has 9 heteroatoms. The van der Waals surface area contributed by atoms with Gasteiger partial charge in [0.1, 0.15) is 5.75 Å². The number of hydrazone groups is 1. The van der Waals surface area contributed by atoms with Crippen LogP contribution in [0.3, 0.4) is 0 Å². The summed E-state index contributed by atoms with van der Waals surface area (Å²) in [6, 6.07) is 10.4. The molecule has 3 aromatic rings. The molecule has 6 nitrogen and oxygen atoms in total. The monoisotopic (exact) mass is 475 g/mol. The van der Waals surface area contributed by atoms with Gasteiger partial charge in [-0.15, -0.1) is 22.7 Å². The largest absolute Gasteiger partial charge is 0.506 e. The second-order valence-electron chi connectivity index (χ2n) is 6.86. The van der Waals surface area contributed by atoms with E-state index < -0.39 is 5.91 Å². The summed E-state index contributed by atoms with van der Waals surface area (Å²) in [5.74, 6) is -0.413. The molecule has 0 saturated heterocycles. The second kappa shape index (κ2) is 10.1. The van der Waals surface area contributed by atoms with Gasteiger partial charge in [0.2, 0.25) is 0 Å². The Morgan fingerprint density at radius 3 is 2.52 bits per heavy atom. The van der Waals surface area contributed by atoms with Gasteiger partial charge in [-0.3, -0.25) is 9.59 Å². The molecule has 162 valence electrons. The standard InChI is InChI=1S/C22H22ClN3O3S2/c1-4-11-26(3)22(29)18-10-9-17(31-18)21(28)25-24-13(2)16-12-30-20(19(16)27)14-5-7-15(23)8-6-14/h5-10,12,27H,4,11H2,1-3H3,(H,25,28)/b24-13+. The van der Waals surface area contributed by atoms with Crippen LogP contribution in [0.2, 0.25) is 5.02 Å². The van der Waals surface area contributed by atoms with Crippen molar-refractivity contribution in [3.8, 4) is 16.2 Å². The molecule has 0 aliphatic heterocycles. The highest BCUT2D eigenvalue weighted by atomic mass is 35.5. The third kappa shape index (κ3) is 5.33. The SMILES string of the molecule is CCCN(C)C(=O)c1ccc(C(=O)N/N=C(\C)c2csc(-c3ccc(Cl)cc3)c2O)s1. The van der Waals surface area contributed by atoms with Crippen LogP contribution in [0.4, 0.5) is 0 Å². The maximum Gasteiger partial charge on any atom is 0.281 e. The van der Waals surface area contributed by atoms with Crippen LogP contribution < -0.4 is 5.43 Å². The predicted octanol–water partition coefficient (Wildman–Crippen LogP) is 5.47. The number of carbonyl (C=O) groups excluding carboxylic acids is 2. The topological polar surface area (TPSA) is 82.0 Å². The summed E-state index contributed by atoms with van der Waals surface area (Å²) in [4.78, 5) is 28.0. The van der Waals surface area contributed by atoms with Gasteiger partial charge in [-0.2, -0.15) is 5.10 Å². The fraction of sp³-hybridized carbons (Fsp3) is 0.227. The summed E-state index contributed by atoms with van der Waals surface area (Å²) in [5, 5.41) is 17.1. The van der Waals surface area contributed by atoms with Crippen LogP contribution in [0.1, 0.15) is 45.2 Å². The summed E-state index contributed by atoms with van der Waals surface area (Å²) in [5.41, 5.74) is 4.35. The maximum atomic E-state index is 12.5. The predicted molar refractivity (Wildman–Crippen MR) is 128 cm³/mol. The maximum absolute atomic E-state index is 12.5. The van der Waals surface area contributed by atoms with Crippen molar-refractivity contribution in [3.63, 3.8) is 0 Å². The smallest absolute Gasteiger partial charge is 0.281 e. The van der Waals surface area contributed by atoms with E-state index in [2.05, 4.69) is 10.5 Å². The zero-order valence-corrected chi connectivity index (χ0v) is 19.7. The number of amides is 2. The lowest BCUT2D eigenvalue weighted by atomic mass is 10.1. The first-order chi connectivity index (χ1) is 14.8. The van der Waals surface area contributed by atoms with Crippen LogP contribution in [-0.2, 0) is 0 Å². The lowest BCUT2D eigenvalue weighted by Gasteiger charge is -2.14. The van der Waals surface area contributed by atoms with Crippen molar-refractivity contribution < 1.29 is 14.7 Å². The summed E-state index contributed by atoms with van der Waals surface area (Å²) in [6.07, 6.45) is 0.865. The number of hydrogen-bond acceptors (Lipinski definition) is 6. The van der Waals surface area contributed by atoms with Crippen molar-refractivity contribution in [2.24, 2.45) is 5.10 Å². The zero-order valence-electron chi connectivity index (χ0n) is 17.3. The molecule has 2 N–H and O–H groups in total. The molecule has 31 heavy (non-hydrogen) atoms. The highest BCUT2D eigenvalue weighted by molar-refractivity contribution is 7.16. The average Bonchev–Trinajstić information content (AvgIpc) is 3.39. The normalized spacial score (nSPS) is 11.4. The van der Waals surface area contributed by atoms with Crippen molar-refractivity contribution in [2.75, 3.05) is 13.6 Å². The molecule has 2 heterocycles. The van der Waals surface area contributed by atoms with Gasteiger partial charge in [-0.25, -0.2) is 5.43 Å². The molecule has 0 aliphatic rings. The van der Waals surface area contributed by atoms with Gasteiger partial charge in [0.25, 0.3) is 11.8 Å². The van der Waals surface area contributed by atoms with Crippen LogP contribution in [0.15, 0.2) is 46.9 Å². The molecule has 0 unspecified atom stereocenters. The third-order valence-corrected chi connectivity index (χ3v) is 6.87. The van der Waals surface area contributed by atoms with E-state index in [9.17, 15) is 14.7 Å². The van der Waals surface area contributed by atoms with E-state index in [0.29, 0.717) is 37.5 Å². The summed E-state index contributed by atoms with van der Waals surface area (Å²) >= 11 is 8.43. The minimum absolute atomic E-state index is 0.103. The number of halogens is 1. The Bertz CT molecular complexity index is 1120. The zero-order chi connectivity index (χ0) is 22.5. The third-order valence-electron chi connectivity index (χ3n) is 4.53. The summed E-state index contributed by atoms with van der Waals surface area (Å²) in [7, 11) is 1.74. The fourth-order valence-corrected chi connectivity index (χ4v) is 4.89. The number of rotatable bonds is 7. The molecule has 0 radical (unpaired) electrons. The Morgan fingerprint density at radius 1 is 1.16 bits per heavy atom. The lowest BCUT2D eigenvalue weighted by molar-refractivity contribution is 0.0799. The molecule has 2 amide bonds. The molecule has 0 aliphatic carbocycles. The Labute approximate surface area is 193 Å². The second-order valence-corrected chi connectivity index (χ2v) is 9.26. The van der Waals surface area contributed by atoms with E-state index in [1.165, 1.54) is 11.3 Å². The lowest BCUT2D eigenvalue weighted by Crippen LogP contribution is -2.26. The first kappa shape index (κ1) is 23.0. The molecule has 0 spiro atoms. The van der Waals surface area contributed by atoms with Crippen LogP contribution in [-0.4, -0.2) is 41.1 Å². The van der Waals surface area contributed by atoms with Crippen LogP contribution in [0, 0.1) is 0 Å². The summed E-state index contributed by atoms with van der Waals surface area (Å²) in [6.45, 7) is 4.36. The van der Waals surface area contributed by atoms with E-state index in [1.54, 1.807) is 48.5 Å². The van der Waals surface area contributed by atoms with Gasteiger partial charge in [-0.1, -0.05) is 30.7 Å². The number of aromatic hydroxyl groups is 1. The number of benzene rings is 1. The minimum Gasteiger partial charge on any atom is -0.506 e. The Balaban J connectivity index is 1.70. The van der Waals surface area contributed by atoms with E-state index >= 15 is 0 Å². The molecule has 0 saturated carbocycles. The van der Waals surface area contributed by atoms with Crippen molar-refractivity contribution in [1.29, 1.82) is 0 Å². The molecule has 0 atom stereocenters. The van der Waals surface area contributed by atoms with Crippen molar-refractivity contribution in [3.05, 3.63) is 62.1 Å². The molecule has 3 rings (SSSR count). The molecule has 0 bridgehead atoms. The average molecular weight is 476 g/mol. The number of thiophene rings is 2. The van der Waals surface area contributed by atoms with E-state index in [1.807, 2.05) is 19.1 Å². The fourth-order valence-electron chi connectivity index (χ4n) is 2.86. The molecule has 0 fully saturated rings. The summed E-state index contributed by atoms with van der Waals surface area (Å²) < 4.78 is 0. The Hall–Kier alpha value is -2.68. The molecular formula is C22H22ClN3O3S2. The number of nitrogens with zero attached hydrogens (tertiary/aromatic N) is 2. The van der Waals surface area contributed by atoms with Crippen LogP contribution in [0.5, 0.6) is 5.75 Å². The van der Waals surface area contributed by atoms with Crippen LogP contribution >= 0.6 is 34.3 Å². The first-order valence-electron chi connectivity index (χ1n) is 9.58. The number of nitrogens with one attached hydrogen (secondary N) is 1. The van der Waals surface area contributed by atoms with Gasteiger partial charge < -0.3 is 10.0 Å². The van der Waals surface area contributed by atoms with Gasteiger partial charge >= 0.3 is 0 Å². The first-order valence-corrected chi connectivity index (χ1v) is 11.7. The van der Waals surface area contributed by atoms with E-state index in [-0.39, 0.29) is 11.7 Å². The van der Waals surface area contributed by atoms with Crippen molar-refractivity contribution >= 4 is 51.8 Å². The van der Waals surface area contributed by atoms with Crippen molar-refractivity contribution in [1.82, 2.24) is 10.3 Å². The van der Waals surface area contributed by atoms with Crippen LogP contribution in [0.25, 0.3) is 10.4 Å². The van der Waals surface area contributed by atoms with Gasteiger partial charge in [-0.05, 0) is 43.2 Å². The molecular weight excluding hydrogens is 454 g/mol. The molecule has 2 aromatic heterocycles. The molecule has 1 aromatic carbocycles. The van der Waals surface area contributed by atoms with E-state index in [4.69, 9.17) is 11.6 Å². The number of hydrogen-bond donors (Lipinski definition) is 2. The van der Waals surface area contributed by atoms with Gasteiger partial charge in [0, 0.05) is 24.0 Å². The van der Waals surface area contributed by atoms with Gasteiger partial charge in [0.15, 0.2) is 0 Å². The quantitative estimate of drug-likeness (QED) is 0.351. The highest BCUT2D eigenvalue weighted by Crippen LogP contribution is 2.39. The van der Waals surface area contributed by atoms with Crippen molar-refractivity contribution in [2.45, 2.75) is 20.3 Å².